The van der Waals surface area contributed by atoms with Gasteiger partial charge in [0.25, 0.3) is 5.56 Å². The van der Waals surface area contributed by atoms with Gasteiger partial charge in [-0.25, -0.2) is 5.10 Å². The van der Waals surface area contributed by atoms with Crippen molar-refractivity contribution in [1.82, 2.24) is 20.4 Å². The SMILES string of the molecule is CC(=O)c1n[nH]c(=O)cc1O.CC(=O)c1n[nH]c(Cl)cc1=O. The van der Waals surface area contributed by atoms with Crippen molar-refractivity contribution in [3.05, 3.63) is 49.3 Å². The number of nitrogens with one attached hydrogen (secondary N) is 2. The lowest BCUT2D eigenvalue weighted by Gasteiger charge is -1.94. The van der Waals surface area contributed by atoms with Crippen LogP contribution in [0.3, 0.4) is 0 Å². The number of aromatic nitrogens is 4. The lowest BCUT2D eigenvalue weighted by Crippen LogP contribution is -2.15. The Kier molecular flexibility index (Phi) is 5.70. The smallest absolute Gasteiger partial charge is 0.267 e. The highest BCUT2D eigenvalue weighted by Gasteiger charge is 2.07. The van der Waals surface area contributed by atoms with Crippen LogP contribution in [0.15, 0.2) is 21.7 Å². The molecule has 0 saturated carbocycles. The Hall–Kier alpha value is -2.81. The molecule has 0 aromatic carbocycles. The van der Waals surface area contributed by atoms with Crippen molar-refractivity contribution in [2.45, 2.75) is 13.8 Å². The summed E-state index contributed by atoms with van der Waals surface area (Å²) >= 11 is 5.39. The van der Waals surface area contributed by atoms with Gasteiger partial charge in [0.05, 0.1) is 0 Å². The molecule has 2 aromatic heterocycles. The lowest BCUT2D eigenvalue weighted by atomic mass is 10.3. The molecule has 22 heavy (non-hydrogen) atoms. The van der Waals surface area contributed by atoms with E-state index in [2.05, 4.69) is 15.3 Å². The van der Waals surface area contributed by atoms with Gasteiger partial charge in [0, 0.05) is 26.0 Å². The first-order chi connectivity index (χ1) is 10.2. The molecule has 0 radical (unpaired) electrons. The van der Waals surface area contributed by atoms with Crippen molar-refractivity contribution < 1.29 is 14.7 Å². The minimum Gasteiger partial charge on any atom is -0.505 e. The van der Waals surface area contributed by atoms with E-state index in [-0.39, 0.29) is 28.1 Å². The summed E-state index contributed by atoms with van der Waals surface area (Å²) in [7, 11) is 0. The van der Waals surface area contributed by atoms with Gasteiger partial charge in [0.2, 0.25) is 5.43 Å². The van der Waals surface area contributed by atoms with E-state index in [1.807, 2.05) is 5.10 Å². The monoisotopic (exact) mass is 326 g/mol. The summed E-state index contributed by atoms with van der Waals surface area (Å²) < 4.78 is 0. The third kappa shape index (κ3) is 4.63. The topological polar surface area (TPSA) is 146 Å². The molecule has 0 aliphatic heterocycles. The van der Waals surface area contributed by atoms with Crippen LogP contribution >= 0.6 is 11.6 Å². The fourth-order valence-electron chi connectivity index (χ4n) is 1.28. The van der Waals surface area contributed by atoms with Crippen LogP contribution in [0.25, 0.3) is 0 Å². The quantitative estimate of drug-likeness (QED) is 0.673. The Morgan fingerprint density at radius 2 is 1.59 bits per heavy atom. The number of carbonyl (C=O) groups is 2. The van der Waals surface area contributed by atoms with Gasteiger partial charge in [-0.1, -0.05) is 11.6 Å². The number of aromatic amines is 2. The van der Waals surface area contributed by atoms with Crippen molar-refractivity contribution in [1.29, 1.82) is 0 Å². The first kappa shape index (κ1) is 17.2. The molecule has 9 nitrogen and oxygen atoms in total. The highest BCUT2D eigenvalue weighted by molar-refractivity contribution is 6.29. The number of halogens is 1. The molecule has 0 saturated heterocycles. The van der Waals surface area contributed by atoms with Crippen molar-refractivity contribution >= 4 is 23.2 Å². The molecule has 2 rings (SSSR count). The predicted octanol–water partition coefficient (Wildman–Crippen LogP) is 0.304. The van der Waals surface area contributed by atoms with E-state index in [0.29, 0.717) is 0 Å². The molecule has 0 atom stereocenters. The van der Waals surface area contributed by atoms with E-state index in [1.54, 1.807) is 0 Å². The second-order valence-corrected chi connectivity index (χ2v) is 4.41. The van der Waals surface area contributed by atoms with Crippen LogP contribution in [0, 0.1) is 0 Å². The van der Waals surface area contributed by atoms with Gasteiger partial charge in [0.1, 0.15) is 5.15 Å². The molecule has 3 N–H and O–H groups in total. The van der Waals surface area contributed by atoms with Crippen LogP contribution in [0.2, 0.25) is 5.15 Å². The first-order valence-electron chi connectivity index (χ1n) is 5.78. The van der Waals surface area contributed by atoms with Gasteiger partial charge in [-0.05, 0) is 0 Å². The maximum absolute atomic E-state index is 10.9. The third-order valence-electron chi connectivity index (χ3n) is 2.22. The van der Waals surface area contributed by atoms with Crippen molar-refractivity contribution in [2.24, 2.45) is 0 Å². The van der Waals surface area contributed by atoms with Crippen LogP contribution in [0.1, 0.15) is 34.8 Å². The lowest BCUT2D eigenvalue weighted by molar-refractivity contribution is 0.0997. The largest absolute Gasteiger partial charge is 0.505 e. The van der Waals surface area contributed by atoms with E-state index in [9.17, 15) is 19.2 Å². The Bertz CT molecular complexity index is 827. The third-order valence-corrected chi connectivity index (χ3v) is 2.41. The molecule has 0 fully saturated rings. The van der Waals surface area contributed by atoms with E-state index >= 15 is 0 Å². The molecular weight excluding hydrogens is 316 g/mol. The predicted molar refractivity (Wildman–Crippen MR) is 76.4 cm³/mol. The number of hydrogen-bond acceptors (Lipinski definition) is 7. The van der Waals surface area contributed by atoms with Gasteiger partial charge in [-0.15, -0.1) is 0 Å². The fraction of sp³-hybridized carbons (Fsp3) is 0.167. The van der Waals surface area contributed by atoms with Crippen LogP contribution in [-0.4, -0.2) is 37.1 Å². The molecule has 0 aliphatic rings. The van der Waals surface area contributed by atoms with E-state index in [4.69, 9.17) is 16.7 Å². The summed E-state index contributed by atoms with van der Waals surface area (Å²) in [6.45, 7) is 2.52. The Morgan fingerprint density at radius 3 is 2.05 bits per heavy atom. The number of Topliss-reactive ketones (excluding diaryl/α,β-unsaturated/α-hetero) is 2. The number of H-pyrrole nitrogens is 2. The second-order valence-electron chi connectivity index (χ2n) is 4.01. The van der Waals surface area contributed by atoms with Crippen LogP contribution in [0.4, 0.5) is 0 Å². The van der Waals surface area contributed by atoms with Crippen molar-refractivity contribution in [3.63, 3.8) is 0 Å². The molecule has 0 unspecified atom stereocenters. The van der Waals surface area contributed by atoms with Gasteiger partial charge < -0.3 is 5.11 Å². The van der Waals surface area contributed by atoms with E-state index < -0.39 is 16.8 Å². The molecule has 2 aromatic rings. The molecule has 0 spiro atoms. The second kappa shape index (κ2) is 7.27. The maximum atomic E-state index is 10.9. The molecule has 0 aliphatic carbocycles. The van der Waals surface area contributed by atoms with Crippen LogP contribution < -0.4 is 11.0 Å². The summed E-state index contributed by atoms with van der Waals surface area (Å²) in [6, 6.07) is 2.02. The number of rotatable bonds is 2. The van der Waals surface area contributed by atoms with Gasteiger partial charge in [0.15, 0.2) is 28.7 Å². The zero-order chi connectivity index (χ0) is 16.9. The van der Waals surface area contributed by atoms with Gasteiger partial charge >= 0.3 is 0 Å². The summed E-state index contributed by atoms with van der Waals surface area (Å²) in [5.41, 5.74) is -1.23. The standard InChI is InChI=1S/C6H5ClN2O2.C6H6N2O3/c1-3(10)6-4(11)2-5(7)8-9-6;1-3(9)6-4(10)2-5(11)7-8-6/h2H,1H3,(H,8,11);2H,1H3,(H2,7,10,11). The molecular formula is C12H11ClN4O5. The minimum atomic E-state index is -0.535. The van der Waals surface area contributed by atoms with Crippen molar-refractivity contribution in [2.75, 3.05) is 0 Å². The van der Waals surface area contributed by atoms with E-state index in [0.717, 1.165) is 12.1 Å². The fourth-order valence-corrected chi connectivity index (χ4v) is 1.43. The molecule has 116 valence electrons. The Balaban J connectivity index is 0.000000220. The summed E-state index contributed by atoms with van der Waals surface area (Å²) in [5, 5.41) is 20.2. The number of aromatic hydroxyl groups is 1. The molecule has 0 amide bonds. The Labute approximate surface area is 128 Å². The van der Waals surface area contributed by atoms with Crippen LogP contribution in [0.5, 0.6) is 5.75 Å². The maximum Gasteiger partial charge on any atom is 0.267 e. The highest BCUT2D eigenvalue weighted by atomic mass is 35.5. The van der Waals surface area contributed by atoms with Gasteiger partial charge in [-0.2, -0.15) is 10.2 Å². The molecule has 0 bridgehead atoms. The summed E-state index contributed by atoms with van der Waals surface area (Å²) in [6.07, 6.45) is 0. The highest BCUT2D eigenvalue weighted by Crippen LogP contribution is 2.08. The first-order valence-corrected chi connectivity index (χ1v) is 6.16. The number of carbonyl (C=O) groups excluding carboxylic acids is 2. The van der Waals surface area contributed by atoms with Gasteiger partial charge in [-0.3, -0.25) is 24.3 Å². The normalized spacial score (nSPS) is 9.59. The summed E-state index contributed by atoms with van der Waals surface area (Å²) in [5.74, 6) is -1.15. The molecule has 10 heteroatoms. The molecule has 2 heterocycles. The number of hydrogen-bond donors (Lipinski definition) is 3. The summed E-state index contributed by atoms with van der Waals surface area (Å²) in [4.78, 5) is 42.7. The zero-order valence-corrected chi connectivity index (χ0v) is 12.3. The number of nitrogens with zero attached hydrogens (tertiary/aromatic N) is 2. The van der Waals surface area contributed by atoms with Crippen molar-refractivity contribution in [3.8, 4) is 5.75 Å². The zero-order valence-electron chi connectivity index (χ0n) is 11.5. The average Bonchev–Trinajstić information content (AvgIpc) is 2.38. The van der Waals surface area contributed by atoms with E-state index in [1.165, 1.54) is 13.8 Å². The Morgan fingerprint density at radius 1 is 1.05 bits per heavy atom. The number of ketones is 2. The minimum absolute atomic E-state index is 0.116. The average molecular weight is 327 g/mol. The van der Waals surface area contributed by atoms with Crippen LogP contribution in [-0.2, 0) is 0 Å².